The fraction of sp³-hybridized carbons (Fsp3) is 0.462. The summed E-state index contributed by atoms with van der Waals surface area (Å²) in [7, 11) is 1.89. The van der Waals surface area contributed by atoms with Crippen LogP contribution in [0.1, 0.15) is 22.8 Å². The summed E-state index contributed by atoms with van der Waals surface area (Å²) in [5, 5.41) is 7.20. The molecule has 2 N–H and O–H groups in total. The van der Waals surface area contributed by atoms with Crippen LogP contribution in [-0.4, -0.2) is 32.2 Å². The summed E-state index contributed by atoms with van der Waals surface area (Å²) in [5.41, 5.74) is 2.97. The van der Waals surface area contributed by atoms with E-state index in [1.807, 2.05) is 20.9 Å². The van der Waals surface area contributed by atoms with Gasteiger partial charge in [-0.05, 0) is 13.8 Å². The van der Waals surface area contributed by atoms with E-state index < -0.39 is 0 Å². The molecular weight excluding hydrogens is 242 g/mol. The molecule has 0 aliphatic heterocycles. The summed E-state index contributed by atoms with van der Waals surface area (Å²) in [4.78, 5) is 19.0. The third-order valence-electron chi connectivity index (χ3n) is 3.24. The third-order valence-corrected chi connectivity index (χ3v) is 3.24. The molecule has 102 valence electrons. The number of aromatic amines is 1. The molecule has 1 amide bonds. The Balaban J connectivity index is 1.84. The molecule has 2 aromatic rings. The van der Waals surface area contributed by atoms with Crippen LogP contribution in [-0.2, 0) is 24.7 Å². The predicted molar refractivity (Wildman–Crippen MR) is 71.7 cm³/mol. The van der Waals surface area contributed by atoms with Crippen molar-refractivity contribution in [3.05, 3.63) is 35.2 Å². The average molecular weight is 261 g/mol. The zero-order chi connectivity index (χ0) is 13.8. The molecule has 6 nitrogen and oxygen atoms in total. The standard InChI is InChI=1S/C13H19N5O/c1-9-11(10(2)18(3)17-9)8-13(19)16-5-4-12-14-6-7-15-12/h6-7H,4-5,8H2,1-3H3,(H,14,15)(H,16,19). The highest BCUT2D eigenvalue weighted by atomic mass is 16.1. The number of carbonyl (C=O) groups excluding carboxylic acids is 1. The average Bonchev–Trinajstić information content (AvgIpc) is 2.94. The molecule has 0 unspecified atom stereocenters. The van der Waals surface area contributed by atoms with Crippen LogP contribution in [0.4, 0.5) is 0 Å². The SMILES string of the molecule is Cc1nn(C)c(C)c1CC(=O)NCCc1ncc[nH]1. The van der Waals surface area contributed by atoms with E-state index in [0.29, 0.717) is 19.4 Å². The first-order chi connectivity index (χ1) is 9.08. The minimum atomic E-state index is 0.0192. The molecule has 6 heteroatoms. The lowest BCUT2D eigenvalue weighted by Gasteiger charge is -2.04. The van der Waals surface area contributed by atoms with Crippen molar-refractivity contribution in [1.29, 1.82) is 0 Å². The fourth-order valence-electron chi connectivity index (χ4n) is 2.05. The van der Waals surface area contributed by atoms with Crippen LogP contribution in [0.3, 0.4) is 0 Å². The van der Waals surface area contributed by atoms with Crippen LogP contribution < -0.4 is 5.32 Å². The summed E-state index contributed by atoms with van der Waals surface area (Å²) in [5.74, 6) is 0.903. The molecule has 0 saturated carbocycles. The number of imidazole rings is 1. The van der Waals surface area contributed by atoms with Gasteiger partial charge in [0, 0.05) is 43.7 Å². The zero-order valence-electron chi connectivity index (χ0n) is 11.5. The number of rotatable bonds is 5. The summed E-state index contributed by atoms with van der Waals surface area (Å²) in [6.45, 7) is 4.49. The fourth-order valence-corrected chi connectivity index (χ4v) is 2.05. The van der Waals surface area contributed by atoms with Crippen LogP contribution in [0, 0.1) is 13.8 Å². The van der Waals surface area contributed by atoms with Gasteiger partial charge in [-0.25, -0.2) is 4.98 Å². The van der Waals surface area contributed by atoms with Gasteiger partial charge >= 0.3 is 0 Å². The van der Waals surface area contributed by atoms with Gasteiger partial charge in [0.15, 0.2) is 0 Å². The molecule has 0 aliphatic rings. The first-order valence-corrected chi connectivity index (χ1v) is 6.32. The van der Waals surface area contributed by atoms with Crippen molar-refractivity contribution in [1.82, 2.24) is 25.1 Å². The van der Waals surface area contributed by atoms with Crippen molar-refractivity contribution >= 4 is 5.91 Å². The molecule has 2 heterocycles. The highest BCUT2D eigenvalue weighted by Crippen LogP contribution is 2.12. The molecule has 0 spiro atoms. The Morgan fingerprint density at radius 1 is 1.47 bits per heavy atom. The van der Waals surface area contributed by atoms with Gasteiger partial charge in [0.25, 0.3) is 0 Å². The number of nitrogens with zero attached hydrogens (tertiary/aromatic N) is 3. The van der Waals surface area contributed by atoms with Gasteiger partial charge in [0.1, 0.15) is 5.82 Å². The number of hydrogen-bond donors (Lipinski definition) is 2. The van der Waals surface area contributed by atoms with Crippen LogP contribution in [0.25, 0.3) is 0 Å². The van der Waals surface area contributed by atoms with Gasteiger partial charge in [0.2, 0.25) is 5.91 Å². The Labute approximate surface area is 112 Å². The maximum absolute atomic E-state index is 11.9. The smallest absolute Gasteiger partial charge is 0.224 e. The number of aryl methyl sites for hydroxylation is 2. The Kier molecular flexibility index (Phi) is 3.99. The van der Waals surface area contributed by atoms with E-state index in [0.717, 1.165) is 22.8 Å². The summed E-state index contributed by atoms with van der Waals surface area (Å²) >= 11 is 0. The van der Waals surface area contributed by atoms with E-state index >= 15 is 0 Å². The number of nitrogens with one attached hydrogen (secondary N) is 2. The monoisotopic (exact) mass is 261 g/mol. The minimum Gasteiger partial charge on any atom is -0.355 e. The molecule has 19 heavy (non-hydrogen) atoms. The Hall–Kier alpha value is -2.11. The Bertz CT molecular complexity index is 556. The van der Waals surface area contributed by atoms with E-state index in [2.05, 4.69) is 20.4 Å². The lowest BCUT2D eigenvalue weighted by atomic mass is 10.1. The lowest BCUT2D eigenvalue weighted by molar-refractivity contribution is -0.120. The first kappa shape index (κ1) is 13.3. The van der Waals surface area contributed by atoms with Gasteiger partial charge in [-0.1, -0.05) is 0 Å². The zero-order valence-corrected chi connectivity index (χ0v) is 11.5. The Morgan fingerprint density at radius 2 is 2.26 bits per heavy atom. The van der Waals surface area contributed by atoms with Crippen LogP contribution >= 0.6 is 0 Å². The second-order valence-corrected chi connectivity index (χ2v) is 4.59. The number of amides is 1. The largest absolute Gasteiger partial charge is 0.355 e. The highest BCUT2D eigenvalue weighted by molar-refractivity contribution is 5.79. The van der Waals surface area contributed by atoms with Gasteiger partial charge < -0.3 is 10.3 Å². The normalized spacial score (nSPS) is 10.7. The van der Waals surface area contributed by atoms with Crippen molar-refractivity contribution in [3.8, 4) is 0 Å². The number of H-pyrrole nitrogens is 1. The summed E-state index contributed by atoms with van der Waals surface area (Å²) in [6, 6.07) is 0. The molecule has 0 fully saturated rings. The number of carbonyl (C=O) groups is 1. The summed E-state index contributed by atoms with van der Waals surface area (Å²) < 4.78 is 1.81. The van der Waals surface area contributed by atoms with Gasteiger partial charge in [-0.3, -0.25) is 9.48 Å². The number of aromatic nitrogens is 4. The third kappa shape index (κ3) is 3.21. The maximum Gasteiger partial charge on any atom is 0.224 e. The molecule has 2 rings (SSSR count). The second kappa shape index (κ2) is 5.69. The van der Waals surface area contributed by atoms with E-state index in [4.69, 9.17) is 0 Å². The van der Waals surface area contributed by atoms with E-state index in [1.54, 1.807) is 17.1 Å². The molecule has 0 bridgehead atoms. The summed E-state index contributed by atoms with van der Waals surface area (Å²) in [6.07, 6.45) is 4.58. The van der Waals surface area contributed by atoms with E-state index in [9.17, 15) is 4.79 Å². The number of hydrogen-bond acceptors (Lipinski definition) is 3. The van der Waals surface area contributed by atoms with Crippen molar-refractivity contribution in [2.24, 2.45) is 7.05 Å². The molecule has 0 aliphatic carbocycles. The molecule has 2 aromatic heterocycles. The van der Waals surface area contributed by atoms with Crippen molar-refractivity contribution in [2.75, 3.05) is 6.54 Å². The topological polar surface area (TPSA) is 75.6 Å². The van der Waals surface area contributed by atoms with Crippen molar-refractivity contribution in [2.45, 2.75) is 26.7 Å². The lowest BCUT2D eigenvalue weighted by Crippen LogP contribution is -2.27. The van der Waals surface area contributed by atoms with Crippen molar-refractivity contribution < 1.29 is 4.79 Å². The second-order valence-electron chi connectivity index (χ2n) is 4.59. The van der Waals surface area contributed by atoms with Crippen molar-refractivity contribution in [3.63, 3.8) is 0 Å². The predicted octanol–water partition coefficient (Wildman–Crippen LogP) is 0.661. The molecule has 0 radical (unpaired) electrons. The Morgan fingerprint density at radius 3 is 2.84 bits per heavy atom. The van der Waals surface area contributed by atoms with Crippen LogP contribution in [0.15, 0.2) is 12.4 Å². The van der Waals surface area contributed by atoms with Gasteiger partial charge in [0.05, 0.1) is 12.1 Å². The van der Waals surface area contributed by atoms with Crippen LogP contribution in [0.5, 0.6) is 0 Å². The quantitative estimate of drug-likeness (QED) is 0.830. The molecule has 0 saturated heterocycles. The van der Waals surface area contributed by atoms with E-state index in [-0.39, 0.29) is 5.91 Å². The van der Waals surface area contributed by atoms with E-state index in [1.165, 1.54) is 0 Å². The van der Waals surface area contributed by atoms with Gasteiger partial charge in [-0.15, -0.1) is 0 Å². The minimum absolute atomic E-state index is 0.0192. The maximum atomic E-state index is 11.9. The first-order valence-electron chi connectivity index (χ1n) is 6.32. The highest BCUT2D eigenvalue weighted by Gasteiger charge is 2.13. The van der Waals surface area contributed by atoms with Gasteiger partial charge in [-0.2, -0.15) is 5.10 Å². The molecule has 0 atom stereocenters. The van der Waals surface area contributed by atoms with Crippen LogP contribution in [0.2, 0.25) is 0 Å². The molecular formula is C13H19N5O. The molecule has 0 aromatic carbocycles.